The molecule has 2 aliphatic heterocycles. The zero-order valence-electron chi connectivity index (χ0n) is 19.4. The quantitative estimate of drug-likeness (QED) is 0.525. The topological polar surface area (TPSA) is 103 Å². The lowest BCUT2D eigenvalue weighted by Gasteiger charge is -2.26. The van der Waals surface area contributed by atoms with Crippen molar-refractivity contribution in [3.63, 3.8) is 0 Å². The van der Waals surface area contributed by atoms with E-state index in [0.29, 0.717) is 24.0 Å². The number of carbonyl (C=O) groups excluding carboxylic acids is 2. The van der Waals surface area contributed by atoms with E-state index in [0.717, 1.165) is 55.0 Å². The molecule has 2 N–H and O–H groups in total. The van der Waals surface area contributed by atoms with E-state index in [9.17, 15) is 9.59 Å². The maximum absolute atomic E-state index is 12.7. The lowest BCUT2D eigenvalue weighted by atomic mass is 10.1. The van der Waals surface area contributed by atoms with E-state index in [1.54, 1.807) is 4.90 Å². The number of hydrogen-bond acceptors (Lipinski definition) is 7. The summed E-state index contributed by atoms with van der Waals surface area (Å²) in [5.41, 5.74) is 4.20. The maximum Gasteiger partial charge on any atom is 0.253 e. The van der Waals surface area contributed by atoms with Gasteiger partial charge in [0.05, 0.1) is 0 Å². The van der Waals surface area contributed by atoms with E-state index in [2.05, 4.69) is 32.2 Å². The molecule has 0 radical (unpaired) electrons. The summed E-state index contributed by atoms with van der Waals surface area (Å²) in [6.07, 6.45) is 6.89. The zero-order valence-corrected chi connectivity index (χ0v) is 19.4. The molecule has 1 aromatic heterocycles. The Kier molecular flexibility index (Phi) is 6.38. The van der Waals surface area contributed by atoms with Gasteiger partial charge >= 0.3 is 0 Å². The van der Waals surface area contributed by atoms with Crippen LogP contribution < -0.4 is 15.5 Å². The third kappa shape index (κ3) is 4.98. The summed E-state index contributed by atoms with van der Waals surface area (Å²) >= 11 is 0. The van der Waals surface area contributed by atoms with E-state index >= 15 is 0 Å². The van der Waals surface area contributed by atoms with Gasteiger partial charge in [0.1, 0.15) is 6.33 Å². The summed E-state index contributed by atoms with van der Waals surface area (Å²) in [5, 5.41) is 6.34. The molecule has 178 valence electrons. The van der Waals surface area contributed by atoms with Crippen LogP contribution in [-0.2, 0) is 11.2 Å². The molecule has 1 saturated heterocycles. The first-order chi connectivity index (χ1) is 17.1. The van der Waals surface area contributed by atoms with Gasteiger partial charge in [-0.05, 0) is 73.7 Å². The summed E-state index contributed by atoms with van der Waals surface area (Å²) in [4.78, 5) is 41.3. The van der Waals surface area contributed by atoms with Crippen molar-refractivity contribution in [2.45, 2.75) is 25.7 Å². The highest BCUT2D eigenvalue weighted by atomic mass is 16.2. The number of benzene rings is 2. The molecular formula is C26H27N7O2. The summed E-state index contributed by atoms with van der Waals surface area (Å²) in [7, 11) is 0. The molecule has 5 rings (SSSR count). The fourth-order valence-corrected chi connectivity index (χ4v) is 4.45. The minimum Gasteiger partial charge on any atom is -0.339 e. The number of nitrogens with zero attached hydrogens (tertiary/aromatic N) is 5. The number of nitrogens with one attached hydrogen (secondary N) is 2. The van der Waals surface area contributed by atoms with Crippen molar-refractivity contribution >= 4 is 40.8 Å². The van der Waals surface area contributed by atoms with Gasteiger partial charge in [0.25, 0.3) is 5.91 Å². The van der Waals surface area contributed by atoms with Crippen LogP contribution in [0, 0.1) is 0 Å². The van der Waals surface area contributed by atoms with Crippen molar-refractivity contribution in [3.8, 4) is 0 Å². The molecule has 9 nitrogen and oxygen atoms in total. The predicted octanol–water partition coefficient (Wildman–Crippen LogP) is 4.06. The molecule has 2 aromatic carbocycles. The van der Waals surface area contributed by atoms with Crippen LogP contribution in [0.3, 0.4) is 0 Å². The molecule has 3 heterocycles. The van der Waals surface area contributed by atoms with Crippen LogP contribution in [-0.4, -0.2) is 51.3 Å². The highest BCUT2D eigenvalue weighted by Gasteiger charge is 2.23. The monoisotopic (exact) mass is 469 g/mol. The Bertz CT molecular complexity index is 1250. The second kappa shape index (κ2) is 9.92. The number of hydrogen-bond donors (Lipinski definition) is 2. The summed E-state index contributed by atoms with van der Waals surface area (Å²) in [5.74, 6) is 0.711. The molecule has 2 aliphatic rings. The summed E-state index contributed by atoms with van der Waals surface area (Å²) in [6, 6.07) is 13.2. The van der Waals surface area contributed by atoms with E-state index < -0.39 is 0 Å². The Labute approximate surface area is 203 Å². The van der Waals surface area contributed by atoms with Gasteiger partial charge < -0.3 is 20.4 Å². The van der Waals surface area contributed by atoms with Crippen LogP contribution in [0.25, 0.3) is 0 Å². The Hall–Kier alpha value is -4.27. The zero-order chi connectivity index (χ0) is 24.2. The van der Waals surface area contributed by atoms with Crippen LogP contribution in [0.2, 0.25) is 0 Å². The molecule has 0 atom stereocenters. The van der Waals surface area contributed by atoms with Gasteiger partial charge in [-0.3, -0.25) is 9.59 Å². The SMILES string of the molecule is C=CC(=O)N1CCc2ccc(Nc3ncnc(Nc4ccc(C(=O)N5CCCCC5)cc4)n3)cc21. The number of amides is 2. The minimum atomic E-state index is -0.115. The molecule has 0 saturated carbocycles. The largest absolute Gasteiger partial charge is 0.339 e. The van der Waals surface area contributed by atoms with Gasteiger partial charge in [-0.25, -0.2) is 9.97 Å². The molecule has 0 aliphatic carbocycles. The van der Waals surface area contributed by atoms with E-state index in [1.165, 1.54) is 18.8 Å². The van der Waals surface area contributed by atoms with Gasteiger partial charge in [-0.15, -0.1) is 0 Å². The molecule has 1 fully saturated rings. The molecular weight excluding hydrogens is 442 g/mol. The fraction of sp³-hybridized carbons (Fsp3) is 0.269. The number of rotatable bonds is 6. The van der Waals surface area contributed by atoms with Crippen molar-refractivity contribution in [1.29, 1.82) is 0 Å². The Morgan fingerprint density at radius 2 is 1.57 bits per heavy atom. The van der Waals surface area contributed by atoms with Crippen molar-refractivity contribution in [2.75, 3.05) is 35.2 Å². The van der Waals surface area contributed by atoms with Crippen molar-refractivity contribution in [2.24, 2.45) is 0 Å². The van der Waals surface area contributed by atoms with Gasteiger partial charge in [0.15, 0.2) is 0 Å². The van der Waals surface area contributed by atoms with Crippen molar-refractivity contribution in [1.82, 2.24) is 19.9 Å². The Balaban J connectivity index is 1.26. The predicted molar refractivity (Wildman–Crippen MR) is 135 cm³/mol. The number of aromatic nitrogens is 3. The van der Waals surface area contributed by atoms with E-state index in [4.69, 9.17) is 0 Å². The van der Waals surface area contributed by atoms with Crippen LogP contribution in [0.5, 0.6) is 0 Å². The molecule has 0 unspecified atom stereocenters. The summed E-state index contributed by atoms with van der Waals surface area (Å²) in [6.45, 7) is 5.88. The lowest BCUT2D eigenvalue weighted by molar-refractivity contribution is -0.114. The number of likely N-dealkylation sites (tertiary alicyclic amines) is 1. The first-order valence-electron chi connectivity index (χ1n) is 11.8. The van der Waals surface area contributed by atoms with Crippen LogP contribution in [0.1, 0.15) is 35.2 Å². The molecule has 0 bridgehead atoms. The Morgan fingerprint density at radius 1 is 0.886 bits per heavy atom. The normalized spacial score (nSPS) is 14.9. The smallest absolute Gasteiger partial charge is 0.253 e. The van der Waals surface area contributed by atoms with Crippen molar-refractivity contribution in [3.05, 3.63) is 72.6 Å². The van der Waals surface area contributed by atoms with Gasteiger partial charge in [-0.2, -0.15) is 4.98 Å². The average molecular weight is 470 g/mol. The molecule has 35 heavy (non-hydrogen) atoms. The average Bonchev–Trinajstić information content (AvgIpc) is 3.32. The Morgan fingerprint density at radius 3 is 2.29 bits per heavy atom. The van der Waals surface area contributed by atoms with Gasteiger partial charge in [0.2, 0.25) is 17.8 Å². The van der Waals surface area contributed by atoms with E-state index in [-0.39, 0.29) is 11.8 Å². The molecule has 3 aromatic rings. The first-order valence-corrected chi connectivity index (χ1v) is 11.8. The minimum absolute atomic E-state index is 0.0746. The van der Waals surface area contributed by atoms with Gasteiger partial charge in [0, 0.05) is 42.3 Å². The van der Waals surface area contributed by atoms with Crippen LogP contribution in [0.15, 0.2) is 61.4 Å². The second-order valence-corrected chi connectivity index (χ2v) is 8.60. The van der Waals surface area contributed by atoms with Gasteiger partial charge in [-0.1, -0.05) is 12.6 Å². The number of anilines is 5. The maximum atomic E-state index is 12.7. The van der Waals surface area contributed by atoms with Crippen molar-refractivity contribution < 1.29 is 9.59 Å². The standard InChI is InChI=1S/C26H27N7O2/c1-2-23(34)33-15-12-18-6-11-21(16-22(18)33)30-26-28-17-27-25(31-26)29-20-9-7-19(8-10-20)24(35)32-13-4-3-5-14-32/h2,6-11,16-17H,1,3-5,12-15H2,(H2,27,28,29,30,31). The highest BCUT2D eigenvalue weighted by molar-refractivity contribution is 6.03. The number of carbonyl (C=O) groups is 2. The number of piperidine rings is 1. The molecule has 9 heteroatoms. The van der Waals surface area contributed by atoms with Crippen LogP contribution in [0.4, 0.5) is 29.0 Å². The summed E-state index contributed by atoms with van der Waals surface area (Å²) < 4.78 is 0. The lowest BCUT2D eigenvalue weighted by Crippen LogP contribution is -2.35. The van der Waals surface area contributed by atoms with E-state index in [1.807, 2.05) is 47.4 Å². The first kappa shape index (κ1) is 22.5. The molecule has 2 amide bonds. The third-order valence-corrected chi connectivity index (χ3v) is 6.28. The second-order valence-electron chi connectivity index (χ2n) is 8.60. The van der Waals surface area contributed by atoms with Crippen LogP contribution >= 0.6 is 0 Å². The fourth-order valence-electron chi connectivity index (χ4n) is 4.45. The highest BCUT2D eigenvalue weighted by Crippen LogP contribution is 2.32. The third-order valence-electron chi connectivity index (χ3n) is 6.28. The molecule has 0 spiro atoms. The number of fused-ring (bicyclic) bond motifs is 1.